The van der Waals surface area contributed by atoms with Crippen LogP contribution in [-0.2, 0) is 0 Å². The van der Waals surface area contributed by atoms with Gasteiger partial charge in [-0.15, -0.1) is 11.8 Å². The number of amides is 1. The predicted molar refractivity (Wildman–Crippen MR) is 86.2 cm³/mol. The van der Waals surface area contributed by atoms with Crippen LogP contribution in [-0.4, -0.2) is 25.3 Å². The summed E-state index contributed by atoms with van der Waals surface area (Å²) in [6.45, 7) is 0.679. The van der Waals surface area contributed by atoms with Gasteiger partial charge in [-0.25, -0.2) is 0 Å². The molecule has 1 aliphatic heterocycles. The number of carbonyl (C=O) groups excluding carboxylic acids is 1. The monoisotopic (exact) mass is 300 g/mol. The fraction of sp³-hybridized carbons (Fsp3) is 0.188. The van der Waals surface area contributed by atoms with Gasteiger partial charge in [-0.2, -0.15) is 0 Å². The van der Waals surface area contributed by atoms with E-state index in [4.69, 9.17) is 10.5 Å². The van der Waals surface area contributed by atoms with E-state index >= 15 is 0 Å². The smallest absolute Gasteiger partial charge is 0.262 e. The van der Waals surface area contributed by atoms with Crippen molar-refractivity contribution in [1.82, 2.24) is 0 Å². The van der Waals surface area contributed by atoms with Gasteiger partial charge in [0.05, 0.1) is 24.0 Å². The largest absolute Gasteiger partial charge is 0.494 e. The van der Waals surface area contributed by atoms with Crippen LogP contribution in [0.25, 0.3) is 0 Å². The Labute approximate surface area is 127 Å². The number of benzene rings is 2. The van der Waals surface area contributed by atoms with Crippen molar-refractivity contribution >= 4 is 29.0 Å². The Morgan fingerprint density at radius 3 is 2.86 bits per heavy atom. The van der Waals surface area contributed by atoms with Crippen molar-refractivity contribution in [2.45, 2.75) is 4.90 Å². The van der Waals surface area contributed by atoms with Crippen molar-refractivity contribution in [3.8, 4) is 5.75 Å². The van der Waals surface area contributed by atoms with E-state index < -0.39 is 0 Å². The summed E-state index contributed by atoms with van der Waals surface area (Å²) in [5.74, 6) is 1.25. The summed E-state index contributed by atoms with van der Waals surface area (Å²) in [6.07, 6.45) is 0. The van der Waals surface area contributed by atoms with Crippen molar-refractivity contribution in [2.24, 2.45) is 0 Å². The summed E-state index contributed by atoms with van der Waals surface area (Å²) in [4.78, 5) is 15.8. The standard InChI is InChI=1S/C16H16N2O2S/c1-20-15-11(5-4-6-12(15)17)16(19)18-9-10-21-14-8-3-2-7-13(14)18/h2-8H,9-10,17H2,1H3. The summed E-state index contributed by atoms with van der Waals surface area (Å²) < 4.78 is 5.30. The van der Waals surface area contributed by atoms with Crippen molar-refractivity contribution in [3.63, 3.8) is 0 Å². The quantitative estimate of drug-likeness (QED) is 0.866. The van der Waals surface area contributed by atoms with Crippen LogP contribution in [0.15, 0.2) is 47.4 Å². The molecule has 1 aliphatic rings. The number of hydrogen-bond acceptors (Lipinski definition) is 4. The van der Waals surface area contributed by atoms with E-state index in [1.54, 1.807) is 34.9 Å². The molecule has 0 bridgehead atoms. The molecule has 0 saturated carbocycles. The van der Waals surface area contributed by atoms with Gasteiger partial charge in [0.1, 0.15) is 0 Å². The third-order valence-corrected chi connectivity index (χ3v) is 4.50. The molecular weight excluding hydrogens is 284 g/mol. The van der Waals surface area contributed by atoms with Crippen LogP contribution in [0.2, 0.25) is 0 Å². The van der Waals surface area contributed by atoms with Gasteiger partial charge in [0.2, 0.25) is 0 Å². The molecule has 0 saturated heterocycles. The third kappa shape index (κ3) is 2.45. The minimum atomic E-state index is -0.0769. The summed E-state index contributed by atoms with van der Waals surface area (Å²) in [5, 5.41) is 0. The summed E-state index contributed by atoms with van der Waals surface area (Å²) in [5.41, 5.74) is 7.82. The molecule has 0 aliphatic carbocycles. The average Bonchev–Trinajstić information content (AvgIpc) is 2.53. The van der Waals surface area contributed by atoms with E-state index in [-0.39, 0.29) is 5.91 Å². The van der Waals surface area contributed by atoms with Crippen molar-refractivity contribution < 1.29 is 9.53 Å². The molecule has 0 unspecified atom stereocenters. The van der Waals surface area contributed by atoms with Crippen LogP contribution in [0.5, 0.6) is 5.75 Å². The van der Waals surface area contributed by atoms with Gasteiger partial charge in [0.15, 0.2) is 5.75 Å². The lowest BCUT2D eigenvalue weighted by Gasteiger charge is -2.29. The number of methoxy groups -OCH3 is 1. The fourth-order valence-electron chi connectivity index (χ4n) is 2.48. The number of thioether (sulfide) groups is 1. The lowest BCUT2D eigenvalue weighted by Crippen LogP contribution is -2.35. The molecule has 0 fully saturated rings. The molecule has 0 aromatic heterocycles. The Morgan fingerprint density at radius 1 is 1.24 bits per heavy atom. The lowest BCUT2D eigenvalue weighted by molar-refractivity contribution is 0.0985. The van der Waals surface area contributed by atoms with Crippen molar-refractivity contribution in [1.29, 1.82) is 0 Å². The highest BCUT2D eigenvalue weighted by Crippen LogP contribution is 2.36. The van der Waals surface area contributed by atoms with E-state index in [2.05, 4.69) is 0 Å². The minimum Gasteiger partial charge on any atom is -0.494 e. The van der Waals surface area contributed by atoms with Gasteiger partial charge >= 0.3 is 0 Å². The number of nitrogens with two attached hydrogens (primary N) is 1. The molecule has 0 atom stereocenters. The van der Waals surface area contributed by atoms with E-state index in [9.17, 15) is 4.79 Å². The molecule has 108 valence electrons. The highest BCUT2D eigenvalue weighted by atomic mass is 32.2. The van der Waals surface area contributed by atoms with Crippen LogP contribution in [0.4, 0.5) is 11.4 Å². The SMILES string of the molecule is COc1c(N)cccc1C(=O)N1CCSc2ccccc21. The number of nitrogen functional groups attached to an aromatic ring is 1. The topological polar surface area (TPSA) is 55.6 Å². The van der Waals surface area contributed by atoms with Crippen LogP contribution >= 0.6 is 11.8 Å². The normalized spacial score (nSPS) is 13.7. The molecule has 0 spiro atoms. The fourth-order valence-corrected chi connectivity index (χ4v) is 3.47. The number of rotatable bonds is 2. The number of anilines is 2. The van der Waals surface area contributed by atoms with Gasteiger partial charge in [-0.1, -0.05) is 18.2 Å². The Kier molecular flexibility index (Phi) is 3.75. The second-order valence-electron chi connectivity index (χ2n) is 4.70. The number of para-hydroxylation sites is 2. The Balaban J connectivity index is 2.03. The number of carbonyl (C=O) groups is 1. The number of nitrogens with zero attached hydrogens (tertiary/aromatic N) is 1. The first-order chi connectivity index (χ1) is 10.2. The van der Waals surface area contributed by atoms with Crippen LogP contribution in [0.1, 0.15) is 10.4 Å². The molecule has 0 radical (unpaired) electrons. The molecule has 3 rings (SSSR count). The maximum Gasteiger partial charge on any atom is 0.262 e. The summed E-state index contributed by atoms with van der Waals surface area (Å²) >= 11 is 1.77. The first-order valence-corrected chi connectivity index (χ1v) is 7.67. The van der Waals surface area contributed by atoms with Gasteiger partial charge in [0, 0.05) is 17.2 Å². The number of hydrogen-bond donors (Lipinski definition) is 1. The van der Waals surface area contributed by atoms with Crippen molar-refractivity contribution in [3.05, 3.63) is 48.0 Å². The number of fused-ring (bicyclic) bond motifs is 1. The lowest BCUT2D eigenvalue weighted by atomic mass is 10.1. The molecule has 21 heavy (non-hydrogen) atoms. The van der Waals surface area contributed by atoms with E-state index in [1.807, 2.05) is 24.3 Å². The molecular formula is C16H16N2O2S. The van der Waals surface area contributed by atoms with Gasteiger partial charge in [-0.05, 0) is 24.3 Å². The average molecular weight is 300 g/mol. The Hall–Kier alpha value is -2.14. The second-order valence-corrected chi connectivity index (χ2v) is 5.84. The van der Waals surface area contributed by atoms with E-state index in [0.29, 0.717) is 23.5 Å². The molecule has 5 heteroatoms. The van der Waals surface area contributed by atoms with E-state index in [1.165, 1.54) is 7.11 Å². The van der Waals surface area contributed by atoms with Crippen molar-refractivity contribution in [2.75, 3.05) is 30.0 Å². The van der Waals surface area contributed by atoms with Gasteiger partial charge in [-0.3, -0.25) is 4.79 Å². The molecule has 1 heterocycles. The van der Waals surface area contributed by atoms with Crippen LogP contribution in [0.3, 0.4) is 0 Å². The van der Waals surface area contributed by atoms with Crippen LogP contribution in [0, 0.1) is 0 Å². The highest BCUT2D eigenvalue weighted by molar-refractivity contribution is 7.99. The summed E-state index contributed by atoms with van der Waals surface area (Å²) in [6, 6.07) is 13.2. The summed E-state index contributed by atoms with van der Waals surface area (Å²) in [7, 11) is 1.53. The molecule has 2 N–H and O–H groups in total. The molecule has 4 nitrogen and oxygen atoms in total. The minimum absolute atomic E-state index is 0.0769. The zero-order valence-electron chi connectivity index (χ0n) is 11.7. The predicted octanol–water partition coefficient (Wildman–Crippen LogP) is 3.03. The Bertz CT molecular complexity index is 688. The second kappa shape index (κ2) is 5.69. The first kappa shape index (κ1) is 13.8. The Morgan fingerprint density at radius 2 is 2.05 bits per heavy atom. The molecule has 1 amide bonds. The highest BCUT2D eigenvalue weighted by Gasteiger charge is 2.26. The molecule has 2 aromatic rings. The zero-order chi connectivity index (χ0) is 14.8. The van der Waals surface area contributed by atoms with Gasteiger partial charge < -0.3 is 15.4 Å². The molecule has 2 aromatic carbocycles. The zero-order valence-corrected chi connectivity index (χ0v) is 12.5. The first-order valence-electron chi connectivity index (χ1n) is 6.68. The third-order valence-electron chi connectivity index (χ3n) is 3.45. The maximum absolute atomic E-state index is 12.9. The number of ether oxygens (including phenoxy) is 1. The van der Waals surface area contributed by atoms with E-state index in [0.717, 1.165) is 16.3 Å². The van der Waals surface area contributed by atoms with Crippen LogP contribution < -0.4 is 15.4 Å². The van der Waals surface area contributed by atoms with Gasteiger partial charge in [0.25, 0.3) is 5.91 Å². The maximum atomic E-state index is 12.9.